The van der Waals surface area contributed by atoms with Gasteiger partial charge in [-0.25, -0.2) is 4.79 Å². The molecule has 2 saturated carbocycles. The third-order valence-electron chi connectivity index (χ3n) is 7.59. The number of amides is 2. The molecule has 202 valence electrons. The smallest absolute Gasteiger partial charge is 0.332 e. The largest absolute Gasteiger partial charge is 0.467 e. The van der Waals surface area contributed by atoms with Crippen molar-refractivity contribution in [1.82, 2.24) is 10.2 Å². The van der Waals surface area contributed by atoms with E-state index in [9.17, 15) is 22.8 Å². The fraction of sp³-hybridized carbons (Fsp3) is 0.577. The maximum Gasteiger partial charge on any atom is 0.332 e. The number of allylic oxidation sites excluding steroid dienone is 1. The summed E-state index contributed by atoms with van der Waals surface area (Å²) in [6.45, 7) is 0.574. The Balaban J connectivity index is 1.59. The number of benzene rings is 1. The summed E-state index contributed by atoms with van der Waals surface area (Å²) >= 11 is 3.29. The van der Waals surface area contributed by atoms with Crippen molar-refractivity contribution in [2.24, 2.45) is 17.8 Å². The zero-order valence-corrected chi connectivity index (χ0v) is 23.4. The minimum Gasteiger partial charge on any atom is -0.467 e. The molecule has 37 heavy (non-hydrogen) atoms. The fourth-order valence-corrected chi connectivity index (χ4v) is 6.73. The van der Waals surface area contributed by atoms with E-state index in [-0.39, 0.29) is 23.1 Å². The molecular weight excluding hydrogens is 564 g/mol. The SMILES string of the molecule is COC(=O)C12CC1C=CCCCCN(C)C(=O)C1CCC(OS(=O)(=O)c3ccc(Br)cc3)CC1C(=O)N2. The Morgan fingerprint density at radius 1 is 1.14 bits per heavy atom. The van der Waals surface area contributed by atoms with Crippen molar-refractivity contribution in [3.8, 4) is 0 Å². The van der Waals surface area contributed by atoms with Gasteiger partial charge in [-0.3, -0.25) is 13.8 Å². The number of carbonyl (C=O) groups is 3. The Morgan fingerprint density at radius 2 is 1.86 bits per heavy atom. The van der Waals surface area contributed by atoms with Gasteiger partial charge in [-0.05, 0) is 69.2 Å². The van der Waals surface area contributed by atoms with Crippen LogP contribution in [0, 0.1) is 17.8 Å². The normalized spacial score (nSPS) is 30.9. The van der Waals surface area contributed by atoms with Gasteiger partial charge in [-0.15, -0.1) is 0 Å². The number of nitrogens with zero attached hydrogens (tertiary/aromatic N) is 1. The minimum absolute atomic E-state index is 0.0151. The van der Waals surface area contributed by atoms with Crippen LogP contribution in [0.1, 0.15) is 44.9 Å². The number of carbonyl (C=O) groups excluding carboxylic acids is 3. The van der Waals surface area contributed by atoms with E-state index >= 15 is 0 Å². The molecule has 3 aliphatic rings. The minimum atomic E-state index is -4.07. The Kier molecular flexibility index (Phi) is 8.45. The van der Waals surface area contributed by atoms with Crippen LogP contribution in [-0.4, -0.2) is 63.4 Å². The summed E-state index contributed by atoms with van der Waals surface area (Å²) < 4.78 is 37.1. The summed E-state index contributed by atoms with van der Waals surface area (Å²) in [7, 11) is -1.06. The molecule has 0 saturated heterocycles. The number of hydrogen-bond acceptors (Lipinski definition) is 7. The second-order valence-corrected chi connectivity index (χ2v) is 12.6. The molecule has 1 heterocycles. The Labute approximate surface area is 226 Å². The highest BCUT2D eigenvalue weighted by atomic mass is 79.9. The second kappa shape index (κ2) is 11.2. The zero-order valence-electron chi connectivity index (χ0n) is 21.0. The van der Waals surface area contributed by atoms with E-state index in [1.807, 2.05) is 12.2 Å². The summed E-state index contributed by atoms with van der Waals surface area (Å²) in [6.07, 6.45) is 6.81. The lowest BCUT2D eigenvalue weighted by atomic mass is 9.76. The van der Waals surface area contributed by atoms with E-state index in [4.69, 9.17) is 8.92 Å². The predicted octanol–water partition coefficient (Wildman–Crippen LogP) is 3.19. The Morgan fingerprint density at radius 3 is 2.57 bits per heavy atom. The molecule has 1 N–H and O–H groups in total. The number of methoxy groups -OCH3 is 1. The van der Waals surface area contributed by atoms with Crippen LogP contribution in [0.25, 0.3) is 0 Å². The molecule has 0 spiro atoms. The number of nitrogens with one attached hydrogen (secondary N) is 1. The summed E-state index contributed by atoms with van der Waals surface area (Å²) in [6, 6.07) is 6.11. The number of esters is 1. The average Bonchev–Trinajstić information content (AvgIpc) is 3.57. The van der Waals surface area contributed by atoms with Crippen molar-refractivity contribution in [1.29, 1.82) is 0 Å². The standard InChI is InChI=1S/C26H33BrN2O7S/c1-29-14-6-4-3-5-7-17-16-26(17,25(32)35-2)28-23(30)22-15-19(10-13-21(22)24(29)31)36-37(33,34)20-11-8-18(27)9-12-20/h5,7-9,11-12,17,19,21-22H,3-4,6,10,13-16H2,1-2H3,(H,28,30). The van der Waals surface area contributed by atoms with E-state index < -0.39 is 45.5 Å². The first-order valence-electron chi connectivity index (χ1n) is 12.6. The van der Waals surface area contributed by atoms with Crippen LogP contribution >= 0.6 is 15.9 Å². The predicted molar refractivity (Wildman–Crippen MR) is 139 cm³/mol. The maximum absolute atomic E-state index is 13.6. The van der Waals surface area contributed by atoms with Crippen LogP contribution in [0.15, 0.2) is 45.8 Å². The van der Waals surface area contributed by atoms with Crippen LogP contribution in [0.5, 0.6) is 0 Å². The van der Waals surface area contributed by atoms with Crippen molar-refractivity contribution < 1.29 is 31.7 Å². The first kappa shape index (κ1) is 27.8. The molecule has 1 aromatic carbocycles. The highest BCUT2D eigenvalue weighted by Crippen LogP contribution is 2.47. The van der Waals surface area contributed by atoms with Crippen LogP contribution in [-0.2, 0) is 33.4 Å². The van der Waals surface area contributed by atoms with Gasteiger partial charge < -0.3 is 15.0 Å². The van der Waals surface area contributed by atoms with Gasteiger partial charge in [-0.1, -0.05) is 28.1 Å². The van der Waals surface area contributed by atoms with Gasteiger partial charge in [0.05, 0.1) is 24.0 Å². The highest BCUT2D eigenvalue weighted by molar-refractivity contribution is 9.10. The molecule has 0 radical (unpaired) electrons. The lowest BCUT2D eigenvalue weighted by Crippen LogP contribution is -2.52. The molecule has 1 aromatic rings. The highest BCUT2D eigenvalue weighted by Gasteiger charge is 2.62. The summed E-state index contributed by atoms with van der Waals surface area (Å²) in [4.78, 5) is 41.3. The monoisotopic (exact) mass is 596 g/mol. The molecule has 5 unspecified atom stereocenters. The molecule has 9 nitrogen and oxygen atoms in total. The first-order chi connectivity index (χ1) is 17.6. The van der Waals surface area contributed by atoms with Crippen LogP contribution in [0.3, 0.4) is 0 Å². The first-order valence-corrected chi connectivity index (χ1v) is 14.8. The van der Waals surface area contributed by atoms with Gasteiger partial charge in [0.15, 0.2) is 0 Å². The van der Waals surface area contributed by atoms with Crippen molar-refractivity contribution >= 4 is 43.8 Å². The molecule has 2 aliphatic carbocycles. The summed E-state index contributed by atoms with van der Waals surface area (Å²) in [5, 5.41) is 2.88. The van der Waals surface area contributed by atoms with Crippen molar-refractivity contribution in [3.63, 3.8) is 0 Å². The van der Waals surface area contributed by atoms with Gasteiger partial charge in [0, 0.05) is 29.9 Å². The third kappa shape index (κ3) is 6.09. The fourth-order valence-electron chi connectivity index (χ4n) is 5.35. The maximum atomic E-state index is 13.6. The molecule has 1 aliphatic heterocycles. The summed E-state index contributed by atoms with van der Waals surface area (Å²) in [5.41, 5.74) is -1.16. The number of halogens is 1. The Bertz CT molecular complexity index is 1170. The molecular formula is C26H33BrN2O7S. The van der Waals surface area contributed by atoms with Gasteiger partial charge in [-0.2, -0.15) is 8.42 Å². The van der Waals surface area contributed by atoms with E-state index in [0.29, 0.717) is 25.8 Å². The molecule has 11 heteroatoms. The number of ether oxygens (including phenoxy) is 1. The Hall–Kier alpha value is -2.24. The van der Waals surface area contributed by atoms with Gasteiger partial charge in [0.2, 0.25) is 11.8 Å². The van der Waals surface area contributed by atoms with E-state index in [2.05, 4.69) is 21.2 Å². The molecule has 0 bridgehead atoms. The second-order valence-electron chi connectivity index (χ2n) is 10.1. The van der Waals surface area contributed by atoms with Crippen molar-refractivity contribution in [3.05, 3.63) is 40.9 Å². The van der Waals surface area contributed by atoms with E-state index in [0.717, 1.165) is 23.7 Å². The average molecular weight is 598 g/mol. The molecule has 2 fully saturated rings. The zero-order chi connectivity index (χ0) is 26.8. The molecule has 0 aromatic heterocycles. The van der Waals surface area contributed by atoms with Gasteiger partial charge in [0.25, 0.3) is 10.1 Å². The van der Waals surface area contributed by atoms with E-state index in [1.165, 1.54) is 19.2 Å². The van der Waals surface area contributed by atoms with Crippen LogP contribution in [0.2, 0.25) is 0 Å². The lowest BCUT2D eigenvalue weighted by Gasteiger charge is -2.36. The van der Waals surface area contributed by atoms with Gasteiger partial charge in [0.1, 0.15) is 5.54 Å². The lowest BCUT2D eigenvalue weighted by molar-refractivity contribution is -0.149. The van der Waals surface area contributed by atoms with Crippen molar-refractivity contribution in [2.45, 2.75) is 61.5 Å². The van der Waals surface area contributed by atoms with E-state index in [1.54, 1.807) is 24.1 Å². The summed E-state index contributed by atoms with van der Waals surface area (Å²) in [5.74, 6) is -2.80. The van der Waals surface area contributed by atoms with Crippen molar-refractivity contribution in [2.75, 3.05) is 20.7 Å². The number of rotatable bonds is 4. The molecule has 4 rings (SSSR count). The van der Waals surface area contributed by atoms with Crippen LogP contribution in [0.4, 0.5) is 0 Å². The topological polar surface area (TPSA) is 119 Å². The quantitative estimate of drug-likeness (QED) is 0.322. The third-order valence-corrected chi connectivity index (χ3v) is 9.49. The number of hydrogen-bond donors (Lipinski definition) is 1. The van der Waals surface area contributed by atoms with Gasteiger partial charge >= 0.3 is 5.97 Å². The number of fused-ring (bicyclic) bond motifs is 2. The van der Waals surface area contributed by atoms with Crippen LogP contribution < -0.4 is 5.32 Å². The molecule has 5 atom stereocenters. The molecule has 2 amide bonds.